The van der Waals surface area contributed by atoms with Crippen LogP contribution < -0.4 is 0 Å². The van der Waals surface area contributed by atoms with Crippen molar-refractivity contribution in [2.45, 2.75) is 25.8 Å². The van der Waals surface area contributed by atoms with Crippen molar-refractivity contribution in [1.29, 1.82) is 5.41 Å². The number of hydrogen-bond donors (Lipinski definition) is 2. The van der Waals surface area contributed by atoms with Crippen LogP contribution in [-0.2, 0) is 9.73 Å². The van der Waals surface area contributed by atoms with Gasteiger partial charge in [0.2, 0.25) is 0 Å². The average molecular weight is 214 g/mol. The highest BCUT2D eigenvalue weighted by Gasteiger charge is 2.38. The van der Waals surface area contributed by atoms with Crippen LogP contribution in [0.4, 0.5) is 0 Å². The molecule has 1 aliphatic heterocycles. The molecule has 0 saturated carbocycles. The fraction of sp³-hybridized carbons (Fsp3) is 0.750. The molecule has 15 heavy (non-hydrogen) atoms. The summed E-state index contributed by atoms with van der Waals surface area (Å²) in [5, 5.41) is 22.5. The summed E-state index contributed by atoms with van der Waals surface area (Å²) in [4.78, 5) is 7.50. The molecule has 1 rings (SSSR count). The molecule has 7 nitrogen and oxygen atoms in total. The fourth-order valence-corrected chi connectivity index (χ4v) is 1.56. The minimum atomic E-state index is -0.871. The number of nitrogens with one attached hydrogen (secondary N) is 1. The van der Waals surface area contributed by atoms with Gasteiger partial charge in [-0.1, -0.05) is 6.92 Å². The number of nitrogens with zero attached hydrogens (tertiary/aromatic N) is 3. The van der Waals surface area contributed by atoms with E-state index in [0.717, 1.165) is 0 Å². The molecule has 7 heteroatoms. The van der Waals surface area contributed by atoms with E-state index in [9.17, 15) is 0 Å². The first kappa shape index (κ1) is 11.6. The second-order valence-electron chi connectivity index (χ2n) is 3.65. The summed E-state index contributed by atoms with van der Waals surface area (Å²) in [6.45, 7) is 3.62. The number of aliphatic imine (C=N–C) groups is 1. The molecule has 0 aromatic rings. The molecule has 1 aliphatic rings. The van der Waals surface area contributed by atoms with Crippen LogP contribution in [0.2, 0.25) is 0 Å². The summed E-state index contributed by atoms with van der Waals surface area (Å²) in [6.07, 6.45) is 0.533. The summed E-state index contributed by atoms with van der Waals surface area (Å²) in [6, 6.07) is 0. The Balaban J connectivity index is 2.93. The van der Waals surface area contributed by atoms with Gasteiger partial charge in [-0.3, -0.25) is 5.41 Å². The van der Waals surface area contributed by atoms with Crippen molar-refractivity contribution < 1.29 is 15.0 Å². The third-order valence-corrected chi connectivity index (χ3v) is 2.36. The van der Waals surface area contributed by atoms with Gasteiger partial charge in [-0.15, -0.1) is 5.11 Å². The summed E-state index contributed by atoms with van der Waals surface area (Å²) in [7, 11) is 1.52. The molecular weight excluding hydrogens is 200 g/mol. The predicted molar refractivity (Wildman–Crippen MR) is 52.9 cm³/mol. The van der Waals surface area contributed by atoms with Gasteiger partial charge in [0.15, 0.2) is 11.7 Å². The van der Waals surface area contributed by atoms with Crippen molar-refractivity contribution in [3.63, 3.8) is 0 Å². The quantitative estimate of drug-likeness (QED) is 0.415. The van der Waals surface area contributed by atoms with Crippen LogP contribution in [0.3, 0.4) is 0 Å². The third-order valence-electron chi connectivity index (χ3n) is 2.36. The lowest BCUT2D eigenvalue weighted by molar-refractivity contribution is -0.252. The second kappa shape index (κ2) is 4.35. The molecular formula is C8H14N4O3. The standard InChI is InChI=1S/C8H14N4O3/c1-5-4-8(2,11-12-15-13)7(9)10-6(5)14-3/h5,9,13H,4H2,1-3H3. The molecule has 2 unspecified atom stereocenters. The Morgan fingerprint density at radius 1 is 1.67 bits per heavy atom. The minimum Gasteiger partial charge on any atom is -0.484 e. The van der Waals surface area contributed by atoms with E-state index >= 15 is 0 Å². The topological polar surface area (TPSA) is 99.6 Å². The van der Waals surface area contributed by atoms with Gasteiger partial charge in [0.25, 0.3) is 0 Å². The largest absolute Gasteiger partial charge is 0.484 e. The van der Waals surface area contributed by atoms with E-state index in [1.54, 1.807) is 6.92 Å². The van der Waals surface area contributed by atoms with Gasteiger partial charge in [-0.25, -0.2) is 4.99 Å². The van der Waals surface area contributed by atoms with Gasteiger partial charge < -0.3 is 4.74 Å². The van der Waals surface area contributed by atoms with Crippen molar-refractivity contribution in [1.82, 2.24) is 0 Å². The maximum Gasteiger partial charge on any atom is 0.192 e. The van der Waals surface area contributed by atoms with E-state index in [0.29, 0.717) is 12.3 Å². The Hall–Kier alpha value is -1.50. The second-order valence-corrected chi connectivity index (χ2v) is 3.65. The van der Waals surface area contributed by atoms with Crippen LogP contribution in [0.15, 0.2) is 15.4 Å². The van der Waals surface area contributed by atoms with Crippen LogP contribution in [0.25, 0.3) is 0 Å². The zero-order valence-electron chi connectivity index (χ0n) is 8.89. The third kappa shape index (κ3) is 2.30. The van der Waals surface area contributed by atoms with Crippen molar-refractivity contribution in [3.05, 3.63) is 0 Å². The molecule has 0 radical (unpaired) electrons. The van der Waals surface area contributed by atoms with E-state index in [4.69, 9.17) is 15.4 Å². The highest BCUT2D eigenvalue weighted by Crippen LogP contribution is 2.29. The molecule has 0 aromatic carbocycles. The molecule has 0 bridgehead atoms. The Morgan fingerprint density at radius 2 is 2.33 bits per heavy atom. The van der Waals surface area contributed by atoms with E-state index in [1.165, 1.54) is 7.11 Å². The number of rotatable bonds is 2. The van der Waals surface area contributed by atoms with E-state index in [2.05, 4.69) is 20.4 Å². The zero-order chi connectivity index (χ0) is 11.5. The Bertz CT molecular complexity index is 315. The molecule has 0 spiro atoms. The number of methoxy groups -OCH3 is 1. The Labute approximate surface area is 87.2 Å². The summed E-state index contributed by atoms with van der Waals surface area (Å²) < 4.78 is 5.03. The van der Waals surface area contributed by atoms with Gasteiger partial charge in [0.05, 0.1) is 12.4 Å². The van der Waals surface area contributed by atoms with Crippen molar-refractivity contribution in [2.24, 2.45) is 21.3 Å². The number of ether oxygens (including phenoxy) is 1. The van der Waals surface area contributed by atoms with Gasteiger partial charge in [-0.2, -0.15) is 10.2 Å². The lowest BCUT2D eigenvalue weighted by Gasteiger charge is -2.30. The predicted octanol–water partition coefficient (Wildman–Crippen LogP) is 1.66. The molecule has 2 N–H and O–H groups in total. The normalized spacial score (nSPS) is 31.6. The van der Waals surface area contributed by atoms with E-state index in [-0.39, 0.29) is 11.8 Å². The molecule has 2 atom stereocenters. The maximum absolute atomic E-state index is 8.07. The SMILES string of the molecule is COC1=NC(=N)C(C)(N=NOO)CC1C. The molecule has 84 valence electrons. The zero-order valence-corrected chi connectivity index (χ0v) is 8.89. The van der Waals surface area contributed by atoms with Gasteiger partial charge >= 0.3 is 0 Å². The maximum atomic E-state index is 8.07. The summed E-state index contributed by atoms with van der Waals surface area (Å²) >= 11 is 0. The lowest BCUT2D eigenvalue weighted by atomic mass is 9.87. The summed E-state index contributed by atoms with van der Waals surface area (Å²) in [5.74, 6) is 0.600. The fourth-order valence-electron chi connectivity index (χ4n) is 1.56. The van der Waals surface area contributed by atoms with Crippen molar-refractivity contribution in [3.8, 4) is 0 Å². The van der Waals surface area contributed by atoms with Crippen LogP contribution in [0.5, 0.6) is 0 Å². The molecule has 0 fully saturated rings. The van der Waals surface area contributed by atoms with Gasteiger partial charge in [0.1, 0.15) is 5.54 Å². The molecule has 0 amide bonds. The first-order valence-corrected chi connectivity index (χ1v) is 4.48. The lowest BCUT2D eigenvalue weighted by Crippen LogP contribution is -2.40. The minimum absolute atomic E-state index is 0.0400. The van der Waals surface area contributed by atoms with Crippen LogP contribution in [-0.4, -0.2) is 29.6 Å². The van der Waals surface area contributed by atoms with Gasteiger partial charge in [0, 0.05) is 5.92 Å². The van der Waals surface area contributed by atoms with Gasteiger partial charge in [-0.05, 0) is 13.3 Å². The highest BCUT2D eigenvalue weighted by molar-refractivity contribution is 6.01. The van der Waals surface area contributed by atoms with E-state index < -0.39 is 5.54 Å². The Morgan fingerprint density at radius 3 is 2.87 bits per heavy atom. The summed E-state index contributed by atoms with van der Waals surface area (Å²) in [5.41, 5.74) is -0.871. The Kier molecular flexibility index (Phi) is 3.35. The first-order valence-electron chi connectivity index (χ1n) is 4.48. The van der Waals surface area contributed by atoms with Crippen LogP contribution in [0.1, 0.15) is 20.3 Å². The van der Waals surface area contributed by atoms with Crippen molar-refractivity contribution in [2.75, 3.05) is 7.11 Å². The number of hydrogen-bond acceptors (Lipinski definition) is 6. The monoisotopic (exact) mass is 214 g/mol. The highest BCUT2D eigenvalue weighted by atomic mass is 17.2. The molecule has 0 aromatic heterocycles. The molecule has 0 saturated heterocycles. The van der Waals surface area contributed by atoms with Crippen LogP contribution in [0, 0.1) is 11.3 Å². The molecule has 1 heterocycles. The average Bonchev–Trinajstić information content (AvgIpc) is 2.20. The molecule has 0 aliphatic carbocycles. The van der Waals surface area contributed by atoms with E-state index in [1.807, 2.05) is 6.92 Å². The smallest absolute Gasteiger partial charge is 0.192 e. The van der Waals surface area contributed by atoms with Crippen molar-refractivity contribution >= 4 is 11.7 Å². The van der Waals surface area contributed by atoms with Crippen LogP contribution >= 0.6 is 0 Å². The first-order chi connectivity index (χ1) is 7.03. The number of amidine groups is 1.